The number of likely N-dealkylation sites (tertiary alicyclic amines) is 1. The Balaban J connectivity index is 2.36. The van der Waals surface area contributed by atoms with Gasteiger partial charge in [-0.15, -0.1) is 0 Å². The molecule has 5 nitrogen and oxygen atoms in total. The lowest BCUT2D eigenvalue weighted by Crippen LogP contribution is -2.32. The smallest absolute Gasteiger partial charge is 0.254 e. The highest BCUT2D eigenvalue weighted by Gasteiger charge is 2.23. The number of hydrogen-bond donors (Lipinski definition) is 0. The minimum atomic E-state index is -3.53. The summed E-state index contributed by atoms with van der Waals surface area (Å²) in [7, 11) is -0.542. The first-order valence-electron chi connectivity index (χ1n) is 7.66. The second-order valence-corrected chi connectivity index (χ2v) is 8.12. The van der Waals surface area contributed by atoms with E-state index in [0.717, 1.165) is 48.6 Å². The van der Waals surface area contributed by atoms with Gasteiger partial charge in [-0.2, -0.15) is 0 Å². The molecule has 0 saturated carbocycles. The van der Waals surface area contributed by atoms with Crippen molar-refractivity contribution < 1.29 is 13.2 Å². The predicted octanol–water partition coefficient (Wildman–Crippen LogP) is 2.26. The largest absolute Gasteiger partial charge is 0.339 e. The lowest BCUT2D eigenvalue weighted by atomic mass is 10.1. The number of carbonyl (C=O) groups is 1. The molecule has 0 aromatic heterocycles. The van der Waals surface area contributed by atoms with E-state index in [2.05, 4.69) is 0 Å². The van der Waals surface area contributed by atoms with Gasteiger partial charge in [0, 0.05) is 32.7 Å². The Hall–Kier alpha value is -1.40. The van der Waals surface area contributed by atoms with Gasteiger partial charge in [0.05, 0.1) is 4.90 Å². The summed E-state index contributed by atoms with van der Waals surface area (Å²) in [5.41, 5.74) is 1.30. The van der Waals surface area contributed by atoms with Crippen LogP contribution in [0.4, 0.5) is 0 Å². The van der Waals surface area contributed by atoms with Gasteiger partial charge in [0.25, 0.3) is 5.91 Å². The van der Waals surface area contributed by atoms with Gasteiger partial charge in [-0.1, -0.05) is 18.9 Å². The van der Waals surface area contributed by atoms with E-state index < -0.39 is 10.0 Å². The van der Waals surface area contributed by atoms with Gasteiger partial charge < -0.3 is 4.90 Å². The van der Waals surface area contributed by atoms with Crippen LogP contribution in [0, 0.1) is 6.92 Å². The molecule has 1 aromatic rings. The first-order chi connectivity index (χ1) is 10.3. The summed E-state index contributed by atoms with van der Waals surface area (Å²) in [5.74, 6) is -0.0600. The molecule has 2 rings (SSSR count). The third-order valence-corrected chi connectivity index (χ3v) is 5.92. The minimum Gasteiger partial charge on any atom is -0.339 e. The Morgan fingerprint density at radius 3 is 2.23 bits per heavy atom. The number of sulfonamides is 1. The number of nitrogens with zero attached hydrogens (tertiary/aromatic N) is 2. The number of hydrogen-bond acceptors (Lipinski definition) is 3. The minimum absolute atomic E-state index is 0.0600. The molecule has 1 heterocycles. The van der Waals surface area contributed by atoms with Crippen LogP contribution in [-0.2, 0) is 10.0 Å². The summed E-state index contributed by atoms with van der Waals surface area (Å²) in [6.07, 6.45) is 4.33. The lowest BCUT2D eigenvalue weighted by molar-refractivity contribution is 0.0760. The van der Waals surface area contributed by atoms with E-state index in [4.69, 9.17) is 0 Å². The van der Waals surface area contributed by atoms with Gasteiger partial charge in [0.15, 0.2) is 0 Å². The van der Waals surface area contributed by atoms with Crippen LogP contribution in [-0.4, -0.2) is 50.7 Å². The molecule has 1 amide bonds. The van der Waals surface area contributed by atoms with Crippen molar-refractivity contribution in [3.05, 3.63) is 29.3 Å². The molecule has 22 heavy (non-hydrogen) atoms. The highest BCUT2D eigenvalue weighted by molar-refractivity contribution is 7.89. The molecule has 0 spiro atoms. The summed E-state index contributed by atoms with van der Waals surface area (Å²) < 4.78 is 25.7. The molecule has 0 radical (unpaired) electrons. The Morgan fingerprint density at radius 1 is 1.09 bits per heavy atom. The van der Waals surface area contributed by atoms with E-state index in [-0.39, 0.29) is 10.8 Å². The molecule has 0 bridgehead atoms. The van der Waals surface area contributed by atoms with Crippen molar-refractivity contribution in [1.29, 1.82) is 0 Å². The molecule has 6 heteroatoms. The zero-order valence-corrected chi connectivity index (χ0v) is 14.3. The molecule has 0 aliphatic carbocycles. The fourth-order valence-electron chi connectivity index (χ4n) is 2.65. The monoisotopic (exact) mass is 324 g/mol. The van der Waals surface area contributed by atoms with Crippen molar-refractivity contribution in [3.8, 4) is 0 Å². The van der Waals surface area contributed by atoms with E-state index in [1.165, 1.54) is 20.2 Å². The number of benzene rings is 1. The van der Waals surface area contributed by atoms with Gasteiger partial charge in [-0.05, 0) is 37.5 Å². The zero-order chi connectivity index (χ0) is 16.3. The van der Waals surface area contributed by atoms with Crippen LogP contribution in [0.1, 0.15) is 41.6 Å². The van der Waals surface area contributed by atoms with Crippen molar-refractivity contribution in [2.45, 2.75) is 37.5 Å². The Labute approximate surface area is 133 Å². The number of rotatable bonds is 3. The van der Waals surface area contributed by atoms with Crippen LogP contribution in [0.2, 0.25) is 0 Å². The fourth-order valence-corrected chi connectivity index (χ4v) is 3.58. The summed E-state index contributed by atoms with van der Waals surface area (Å²) in [4.78, 5) is 14.8. The molecule has 0 atom stereocenters. The molecular formula is C16H24N2O3S. The average molecular weight is 324 g/mol. The summed E-state index contributed by atoms with van der Waals surface area (Å²) >= 11 is 0. The average Bonchev–Trinajstić information content (AvgIpc) is 2.75. The predicted molar refractivity (Wildman–Crippen MR) is 86.4 cm³/mol. The second kappa shape index (κ2) is 6.79. The molecule has 0 N–H and O–H groups in total. The van der Waals surface area contributed by atoms with Crippen molar-refractivity contribution in [1.82, 2.24) is 9.21 Å². The SMILES string of the molecule is Cc1ccc(S(=O)(=O)N(C)C)cc1C(=O)N1CCCCCC1. The van der Waals surface area contributed by atoms with E-state index in [1.807, 2.05) is 11.8 Å². The fraction of sp³-hybridized carbons (Fsp3) is 0.562. The maximum absolute atomic E-state index is 12.7. The first kappa shape index (κ1) is 17.0. The number of aryl methyl sites for hydroxylation is 1. The maximum atomic E-state index is 12.7. The van der Waals surface area contributed by atoms with Crippen LogP contribution in [0.25, 0.3) is 0 Å². The second-order valence-electron chi connectivity index (χ2n) is 5.97. The van der Waals surface area contributed by atoms with Crippen LogP contribution < -0.4 is 0 Å². The quantitative estimate of drug-likeness (QED) is 0.857. The van der Waals surface area contributed by atoms with E-state index in [0.29, 0.717) is 5.56 Å². The standard InChI is InChI=1S/C16H24N2O3S/c1-13-8-9-14(22(20,21)17(2)3)12-15(13)16(19)18-10-6-4-5-7-11-18/h8-9,12H,4-7,10-11H2,1-3H3. The molecule has 1 saturated heterocycles. The van der Waals surface area contributed by atoms with Crippen LogP contribution >= 0.6 is 0 Å². The lowest BCUT2D eigenvalue weighted by Gasteiger charge is -2.22. The van der Waals surface area contributed by atoms with Crippen molar-refractivity contribution in [2.75, 3.05) is 27.2 Å². The van der Waals surface area contributed by atoms with Gasteiger partial charge in [0.1, 0.15) is 0 Å². The summed E-state index contributed by atoms with van der Waals surface area (Å²) in [6.45, 7) is 3.35. The normalized spacial score (nSPS) is 16.6. The van der Waals surface area contributed by atoms with Crippen molar-refractivity contribution in [3.63, 3.8) is 0 Å². The molecular weight excluding hydrogens is 300 g/mol. The van der Waals surface area contributed by atoms with E-state index in [1.54, 1.807) is 12.1 Å². The van der Waals surface area contributed by atoms with Gasteiger partial charge in [0.2, 0.25) is 10.0 Å². The molecule has 1 aliphatic rings. The number of amides is 1. The Bertz CT molecular complexity index is 645. The molecule has 1 aliphatic heterocycles. The maximum Gasteiger partial charge on any atom is 0.254 e. The van der Waals surface area contributed by atoms with Gasteiger partial charge in [-0.25, -0.2) is 12.7 Å². The van der Waals surface area contributed by atoms with Crippen molar-refractivity contribution in [2.24, 2.45) is 0 Å². The molecule has 122 valence electrons. The molecule has 0 unspecified atom stereocenters. The molecule has 1 aromatic carbocycles. The summed E-state index contributed by atoms with van der Waals surface area (Å²) in [5, 5.41) is 0. The van der Waals surface area contributed by atoms with Crippen LogP contribution in [0.15, 0.2) is 23.1 Å². The third-order valence-electron chi connectivity index (χ3n) is 4.11. The third kappa shape index (κ3) is 3.50. The van der Waals surface area contributed by atoms with Gasteiger partial charge >= 0.3 is 0 Å². The van der Waals surface area contributed by atoms with Gasteiger partial charge in [-0.3, -0.25) is 4.79 Å². The zero-order valence-electron chi connectivity index (χ0n) is 13.5. The van der Waals surface area contributed by atoms with Crippen LogP contribution in [0.3, 0.4) is 0 Å². The Morgan fingerprint density at radius 2 is 1.68 bits per heavy atom. The van der Waals surface area contributed by atoms with Crippen molar-refractivity contribution >= 4 is 15.9 Å². The van der Waals surface area contributed by atoms with E-state index >= 15 is 0 Å². The van der Waals surface area contributed by atoms with E-state index in [9.17, 15) is 13.2 Å². The summed E-state index contributed by atoms with van der Waals surface area (Å²) in [6, 6.07) is 4.78. The number of carbonyl (C=O) groups excluding carboxylic acids is 1. The Kier molecular flexibility index (Phi) is 5.24. The highest BCUT2D eigenvalue weighted by Crippen LogP contribution is 2.21. The first-order valence-corrected chi connectivity index (χ1v) is 9.10. The highest BCUT2D eigenvalue weighted by atomic mass is 32.2. The molecule has 1 fully saturated rings. The topological polar surface area (TPSA) is 57.7 Å². The van der Waals surface area contributed by atoms with Crippen LogP contribution in [0.5, 0.6) is 0 Å².